The minimum absolute atomic E-state index is 0.0459. The molecule has 2 aromatic carbocycles. The summed E-state index contributed by atoms with van der Waals surface area (Å²) in [6.45, 7) is 5.19. The number of aryl methyl sites for hydroxylation is 2. The molecule has 126 valence electrons. The number of para-hydroxylation sites is 1. The van der Waals surface area contributed by atoms with E-state index < -0.39 is 0 Å². The maximum absolute atomic E-state index is 13.5. The Kier molecular flexibility index (Phi) is 3.88. The van der Waals surface area contributed by atoms with Crippen molar-refractivity contribution < 1.29 is 4.39 Å². The molecule has 4 rings (SSSR count). The highest BCUT2D eigenvalue weighted by Gasteiger charge is 2.24. The largest absolute Gasteiger partial charge is 0.342 e. The van der Waals surface area contributed by atoms with E-state index >= 15 is 0 Å². The number of fused-ring (bicyclic) bond motifs is 1. The first kappa shape index (κ1) is 15.6. The molecule has 1 unspecified atom stereocenters. The third-order valence-electron chi connectivity index (χ3n) is 4.86. The van der Waals surface area contributed by atoms with Crippen LogP contribution in [0.5, 0.6) is 0 Å². The zero-order chi connectivity index (χ0) is 17.4. The van der Waals surface area contributed by atoms with Crippen LogP contribution in [0, 0.1) is 12.7 Å². The molecule has 0 aliphatic rings. The Balaban J connectivity index is 2.02. The maximum atomic E-state index is 13.5. The average molecular weight is 333 g/mol. The lowest BCUT2D eigenvalue weighted by Gasteiger charge is -2.22. The lowest BCUT2D eigenvalue weighted by molar-refractivity contribution is 0.598. The van der Waals surface area contributed by atoms with E-state index in [1.807, 2.05) is 24.7 Å². The highest BCUT2D eigenvalue weighted by molar-refractivity contribution is 5.85. The van der Waals surface area contributed by atoms with E-state index in [0.29, 0.717) is 0 Å². The Morgan fingerprint density at radius 1 is 1.08 bits per heavy atom. The summed E-state index contributed by atoms with van der Waals surface area (Å²) in [6.07, 6.45) is 5.57. The van der Waals surface area contributed by atoms with Crippen LogP contribution in [0.3, 0.4) is 0 Å². The van der Waals surface area contributed by atoms with Crippen molar-refractivity contribution >= 4 is 10.9 Å². The van der Waals surface area contributed by atoms with Gasteiger partial charge in [-0.3, -0.25) is 0 Å². The van der Waals surface area contributed by atoms with Crippen molar-refractivity contribution in [2.75, 3.05) is 0 Å². The molecule has 25 heavy (non-hydrogen) atoms. The van der Waals surface area contributed by atoms with Crippen LogP contribution >= 0.6 is 0 Å². The van der Waals surface area contributed by atoms with Gasteiger partial charge in [-0.1, -0.05) is 30.3 Å². The fraction of sp³-hybridized carbons (Fsp3) is 0.190. The lowest BCUT2D eigenvalue weighted by Crippen LogP contribution is -2.16. The van der Waals surface area contributed by atoms with Gasteiger partial charge in [0.1, 0.15) is 11.9 Å². The molecule has 3 nitrogen and oxygen atoms in total. The molecule has 1 atom stereocenters. The van der Waals surface area contributed by atoms with Crippen LogP contribution in [-0.2, 0) is 6.54 Å². The second kappa shape index (κ2) is 6.20. The standard InChI is InChI=1S/C21H20FN3/c1-3-25-19-7-5-4-6-18(19)15(2)20(25)21(24-13-12-23-14-24)16-8-10-17(22)11-9-16/h4-14,21H,3H2,1-2H3. The van der Waals surface area contributed by atoms with E-state index in [0.717, 1.165) is 12.1 Å². The Bertz CT molecular complexity index is 998. The summed E-state index contributed by atoms with van der Waals surface area (Å²) < 4.78 is 17.9. The van der Waals surface area contributed by atoms with Gasteiger partial charge in [0.15, 0.2) is 0 Å². The normalized spacial score (nSPS) is 12.6. The third-order valence-corrected chi connectivity index (χ3v) is 4.86. The molecule has 2 heterocycles. The zero-order valence-corrected chi connectivity index (χ0v) is 14.4. The van der Waals surface area contributed by atoms with Crippen LogP contribution in [0.25, 0.3) is 10.9 Å². The number of aromatic nitrogens is 3. The first-order chi connectivity index (χ1) is 12.2. The molecule has 0 amide bonds. The predicted molar refractivity (Wildman–Crippen MR) is 98.2 cm³/mol. The molecular formula is C21H20FN3. The Labute approximate surface area is 146 Å². The van der Waals surface area contributed by atoms with E-state index in [1.54, 1.807) is 6.20 Å². The molecular weight excluding hydrogens is 313 g/mol. The summed E-state index contributed by atoms with van der Waals surface area (Å²) in [5.41, 5.74) is 4.73. The zero-order valence-electron chi connectivity index (χ0n) is 14.4. The number of benzene rings is 2. The van der Waals surface area contributed by atoms with Gasteiger partial charge in [0.2, 0.25) is 0 Å². The van der Waals surface area contributed by atoms with Gasteiger partial charge < -0.3 is 9.13 Å². The number of rotatable bonds is 4. The predicted octanol–water partition coefficient (Wildman–Crippen LogP) is 4.94. The summed E-state index contributed by atoms with van der Waals surface area (Å²) in [5, 5.41) is 1.26. The molecule has 0 radical (unpaired) electrons. The lowest BCUT2D eigenvalue weighted by atomic mass is 9.99. The van der Waals surface area contributed by atoms with Gasteiger partial charge in [-0.2, -0.15) is 0 Å². The van der Waals surface area contributed by atoms with E-state index in [1.165, 1.54) is 34.3 Å². The molecule has 0 saturated heterocycles. The Morgan fingerprint density at radius 3 is 2.52 bits per heavy atom. The SMILES string of the molecule is CCn1c(C(c2ccc(F)cc2)n2ccnc2)c(C)c2ccccc21. The Hall–Kier alpha value is -2.88. The second-order valence-electron chi connectivity index (χ2n) is 6.24. The van der Waals surface area contributed by atoms with Crippen LogP contribution in [0.15, 0.2) is 67.3 Å². The quantitative estimate of drug-likeness (QED) is 0.518. The van der Waals surface area contributed by atoms with Crippen LogP contribution in [0.2, 0.25) is 0 Å². The van der Waals surface area contributed by atoms with Gasteiger partial charge in [0.25, 0.3) is 0 Å². The maximum Gasteiger partial charge on any atom is 0.123 e. The van der Waals surface area contributed by atoms with Crippen molar-refractivity contribution in [1.82, 2.24) is 14.1 Å². The van der Waals surface area contributed by atoms with Crippen LogP contribution < -0.4 is 0 Å². The average Bonchev–Trinajstić information content (AvgIpc) is 3.25. The molecule has 0 fully saturated rings. The molecule has 2 aromatic heterocycles. The van der Waals surface area contributed by atoms with Gasteiger partial charge in [-0.15, -0.1) is 0 Å². The molecule has 0 aliphatic carbocycles. The van der Waals surface area contributed by atoms with Crippen LogP contribution in [-0.4, -0.2) is 14.1 Å². The fourth-order valence-corrected chi connectivity index (χ4v) is 3.73. The molecule has 0 N–H and O–H groups in total. The highest BCUT2D eigenvalue weighted by Crippen LogP contribution is 2.35. The molecule has 0 saturated carbocycles. The Morgan fingerprint density at radius 2 is 1.84 bits per heavy atom. The van der Waals surface area contributed by atoms with Crippen LogP contribution in [0.4, 0.5) is 4.39 Å². The fourth-order valence-electron chi connectivity index (χ4n) is 3.73. The minimum atomic E-state index is -0.221. The highest BCUT2D eigenvalue weighted by atomic mass is 19.1. The van der Waals surface area contributed by atoms with Crippen molar-refractivity contribution in [2.24, 2.45) is 0 Å². The summed E-state index contributed by atoms with van der Waals surface area (Å²) in [7, 11) is 0. The number of halogens is 1. The monoisotopic (exact) mass is 333 g/mol. The molecule has 0 spiro atoms. The van der Waals surface area contributed by atoms with Gasteiger partial charge in [0.05, 0.1) is 6.33 Å². The van der Waals surface area contributed by atoms with Crippen molar-refractivity contribution in [3.05, 3.63) is 89.9 Å². The first-order valence-electron chi connectivity index (χ1n) is 8.51. The van der Waals surface area contributed by atoms with Crippen molar-refractivity contribution in [2.45, 2.75) is 26.4 Å². The summed E-state index contributed by atoms with van der Waals surface area (Å²) >= 11 is 0. The summed E-state index contributed by atoms with van der Waals surface area (Å²) in [4.78, 5) is 4.23. The summed E-state index contributed by atoms with van der Waals surface area (Å²) in [6, 6.07) is 15.2. The van der Waals surface area contributed by atoms with Crippen LogP contribution in [0.1, 0.15) is 29.8 Å². The molecule has 4 aromatic rings. The summed E-state index contributed by atoms with van der Waals surface area (Å²) in [5.74, 6) is -0.221. The van der Waals surface area contributed by atoms with E-state index in [9.17, 15) is 4.39 Å². The number of imidazole rings is 1. The van der Waals surface area contributed by atoms with E-state index in [-0.39, 0.29) is 11.9 Å². The minimum Gasteiger partial charge on any atom is -0.342 e. The van der Waals surface area contributed by atoms with Crippen molar-refractivity contribution in [1.29, 1.82) is 0 Å². The smallest absolute Gasteiger partial charge is 0.123 e. The van der Waals surface area contributed by atoms with Gasteiger partial charge in [0, 0.05) is 35.5 Å². The number of hydrogen-bond acceptors (Lipinski definition) is 1. The van der Waals surface area contributed by atoms with Gasteiger partial charge in [-0.05, 0) is 43.2 Å². The van der Waals surface area contributed by atoms with E-state index in [4.69, 9.17) is 0 Å². The van der Waals surface area contributed by atoms with Gasteiger partial charge in [-0.25, -0.2) is 9.37 Å². The number of hydrogen-bond donors (Lipinski definition) is 0. The molecule has 0 bridgehead atoms. The van der Waals surface area contributed by atoms with Gasteiger partial charge >= 0.3 is 0 Å². The van der Waals surface area contributed by atoms with Crippen molar-refractivity contribution in [3.63, 3.8) is 0 Å². The molecule has 4 heteroatoms. The van der Waals surface area contributed by atoms with E-state index in [2.05, 4.69) is 52.2 Å². The molecule has 0 aliphatic heterocycles. The second-order valence-corrected chi connectivity index (χ2v) is 6.24. The third kappa shape index (κ3) is 2.54. The first-order valence-corrected chi connectivity index (χ1v) is 8.51. The number of nitrogens with zero attached hydrogens (tertiary/aromatic N) is 3. The topological polar surface area (TPSA) is 22.8 Å². The van der Waals surface area contributed by atoms with Crippen molar-refractivity contribution in [3.8, 4) is 0 Å².